The number of amides is 1. The first-order valence-corrected chi connectivity index (χ1v) is 6.95. The summed E-state index contributed by atoms with van der Waals surface area (Å²) in [5, 5.41) is 9.21. The van der Waals surface area contributed by atoms with E-state index in [1.54, 1.807) is 6.07 Å². The molecule has 108 valence electrons. The van der Waals surface area contributed by atoms with Crippen molar-refractivity contribution in [3.8, 4) is 0 Å². The highest BCUT2D eigenvalue weighted by atomic mass is 16.4. The number of hydrogen-bond donors (Lipinski definition) is 1. The summed E-state index contributed by atoms with van der Waals surface area (Å²) in [6.07, 6.45) is 1.29. The zero-order valence-electron chi connectivity index (χ0n) is 12.2. The number of benzene rings is 1. The highest BCUT2D eigenvalue weighted by molar-refractivity contribution is 5.98. The third-order valence-corrected chi connectivity index (χ3v) is 3.76. The number of carboxylic acid groups (broad SMARTS) is 1. The van der Waals surface area contributed by atoms with Crippen LogP contribution >= 0.6 is 0 Å². The first kappa shape index (κ1) is 14.6. The van der Waals surface area contributed by atoms with Gasteiger partial charge in [-0.2, -0.15) is 0 Å². The van der Waals surface area contributed by atoms with Crippen molar-refractivity contribution in [1.29, 1.82) is 0 Å². The predicted molar refractivity (Wildman–Crippen MR) is 76.8 cm³/mol. The number of carbonyl (C=O) groups is 2. The molecule has 1 heterocycles. The minimum atomic E-state index is -0.913. The first-order chi connectivity index (χ1) is 9.32. The highest BCUT2D eigenvalue weighted by Gasteiger charge is 2.35. The molecule has 1 amide bonds. The molecule has 1 aromatic carbocycles. The summed E-state index contributed by atoms with van der Waals surface area (Å²) in [6, 6.07) is 6.79. The molecule has 1 fully saturated rings. The highest BCUT2D eigenvalue weighted by Crippen LogP contribution is 2.28. The molecule has 0 aliphatic carbocycles. The molecule has 0 saturated carbocycles. The van der Waals surface area contributed by atoms with E-state index in [1.807, 2.05) is 18.2 Å². The number of carbonyl (C=O) groups excluding carboxylic acids is 1. The van der Waals surface area contributed by atoms with Gasteiger partial charge in [0, 0.05) is 12.1 Å². The molecular weight excluding hydrogens is 254 g/mol. The van der Waals surface area contributed by atoms with E-state index in [0.29, 0.717) is 18.5 Å². The maximum absolute atomic E-state index is 12.7. The second-order valence-electron chi connectivity index (χ2n) is 6.29. The van der Waals surface area contributed by atoms with Gasteiger partial charge in [-0.15, -0.1) is 0 Å². The minimum absolute atomic E-state index is 0.148. The maximum Gasteiger partial charge on any atom is 0.326 e. The number of aliphatic carboxylic acids is 1. The minimum Gasteiger partial charge on any atom is -0.480 e. The number of nitrogens with zero attached hydrogens (tertiary/aromatic N) is 1. The Morgan fingerprint density at radius 1 is 1.25 bits per heavy atom. The standard InChI is InChI=1S/C16H21NO3/c1-16(2,3)12-8-5-4-7-11(12)14(18)17-10-6-9-13(17)15(19)20/h4-5,7-8,13H,6,9-10H2,1-3H3,(H,19,20)/t13-/m0/s1. The van der Waals surface area contributed by atoms with E-state index in [4.69, 9.17) is 0 Å². The summed E-state index contributed by atoms with van der Waals surface area (Å²) < 4.78 is 0. The summed E-state index contributed by atoms with van der Waals surface area (Å²) in [4.78, 5) is 25.4. The van der Waals surface area contributed by atoms with E-state index in [1.165, 1.54) is 4.90 Å². The zero-order chi connectivity index (χ0) is 14.9. The smallest absolute Gasteiger partial charge is 0.326 e. The van der Waals surface area contributed by atoms with Crippen LogP contribution in [-0.4, -0.2) is 34.5 Å². The lowest BCUT2D eigenvalue weighted by Crippen LogP contribution is -2.41. The number of hydrogen-bond acceptors (Lipinski definition) is 2. The molecule has 1 aliphatic rings. The van der Waals surface area contributed by atoms with Crippen LogP contribution in [0.4, 0.5) is 0 Å². The van der Waals surface area contributed by atoms with E-state index < -0.39 is 12.0 Å². The van der Waals surface area contributed by atoms with Crippen molar-refractivity contribution >= 4 is 11.9 Å². The average Bonchev–Trinajstić information content (AvgIpc) is 2.86. The van der Waals surface area contributed by atoms with Gasteiger partial charge in [0.05, 0.1) is 0 Å². The van der Waals surface area contributed by atoms with Crippen LogP contribution in [0.15, 0.2) is 24.3 Å². The van der Waals surface area contributed by atoms with Crippen LogP contribution < -0.4 is 0 Å². The van der Waals surface area contributed by atoms with Crippen molar-refractivity contribution in [3.05, 3.63) is 35.4 Å². The Labute approximate surface area is 119 Å². The Morgan fingerprint density at radius 2 is 1.90 bits per heavy atom. The third kappa shape index (κ3) is 2.69. The quantitative estimate of drug-likeness (QED) is 0.902. The lowest BCUT2D eigenvalue weighted by molar-refractivity contribution is -0.141. The summed E-state index contributed by atoms with van der Waals surface area (Å²) in [6.45, 7) is 6.68. The van der Waals surface area contributed by atoms with Crippen LogP contribution in [0.2, 0.25) is 0 Å². The van der Waals surface area contributed by atoms with Crippen LogP contribution in [0.5, 0.6) is 0 Å². The van der Waals surface area contributed by atoms with Crippen molar-refractivity contribution in [2.75, 3.05) is 6.54 Å². The summed E-state index contributed by atoms with van der Waals surface area (Å²) in [7, 11) is 0. The van der Waals surface area contributed by atoms with E-state index >= 15 is 0 Å². The van der Waals surface area contributed by atoms with E-state index in [0.717, 1.165) is 12.0 Å². The fourth-order valence-electron chi connectivity index (χ4n) is 2.74. The number of rotatable bonds is 2. The molecule has 1 atom stereocenters. The van der Waals surface area contributed by atoms with Gasteiger partial charge in [0.25, 0.3) is 5.91 Å². The van der Waals surface area contributed by atoms with Crippen molar-refractivity contribution in [2.24, 2.45) is 0 Å². The average molecular weight is 275 g/mol. The Morgan fingerprint density at radius 3 is 2.50 bits per heavy atom. The molecule has 20 heavy (non-hydrogen) atoms. The largest absolute Gasteiger partial charge is 0.480 e. The number of likely N-dealkylation sites (tertiary alicyclic amines) is 1. The third-order valence-electron chi connectivity index (χ3n) is 3.76. The molecule has 4 heteroatoms. The summed E-state index contributed by atoms with van der Waals surface area (Å²) in [5.41, 5.74) is 1.43. The molecule has 1 saturated heterocycles. The van der Waals surface area contributed by atoms with Gasteiger partial charge in [0.15, 0.2) is 0 Å². The monoisotopic (exact) mass is 275 g/mol. The molecule has 4 nitrogen and oxygen atoms in total. The van der Waals surface area contributed by atoms with E-state index in [-0.39, 0.29) is 11.3 Å². The first-order valence-electron chi connectivity index (χ1n) is 6.95. The topological polar surface area (TPSA) is 57.6 Å². The second kappa shape index (κ2) is 5.27. The van der Waals surface area contributed by atoms with Gasteiger partial charge in [-0.25, -0.2) is 4.79 Å². The SMILES string of the molecule is CC(C)(C)c1ccccc1C(=O)N1CCC[C@H]1C(=O)O. The lowest BCUT2D eigenvalue weighted by atomic mass is 9.83. The Bertz CT molecular complexity index is 531. The fraction of sp³-hybridized carbons (Fsp3) is 0.500. The van der Waals surface area contributed by atoms with Crippen LogP contribution in [0, 0.1) is 0 Å². The normalized spacial score (nSPS) is 19.1. The fourth-order valence-corrected chi connectivity index (χ4v) is 2.74. The van der Waals surface area contributed by atoms with E-state index in [2.05, 4.69) is 20.8 Å². The van der Waals surface area contributed by atoms with Crippen LogP contribution in [-0.2, 0) is 10.2 Å². The lowest BCUT2D eigenvalue weighted by Gasteiger charge is -2.27. The van der Waals surface area contributed by atoms with Gasteiger partial charge in [-0.1, -0.05) is 39.0 Å². The molecule has 0 unspecified atom stereocenters. The maximum atomic E-state index is 12.7. The number of carboxylic acids is 1. The van der Waals surface area contributed by atoms with Gasteiger partial charge in [0.2, 0.25) is 0 Å². The zero-order valence-corrected chi connectivity index (χ0v) is 12.2. The Balaban J connectivity index is 2.37. The molecule has 1 aromatic rings. The van der Waals surface area contributed by atoms with Gasteiger partial charge < -0.3 is 10.0 Å². The van der Waals surface area contributed by atoms with Crippen molar-refractivity contribution in [1.82, 2.24) is 4.90 Å². The van der Waals surface area contributed by atoms with Gasteiger partial charge in [-0.05, 0) is 29.9 Å². The molecule has 0 spiro atoms. The Kier molecular flexibility index (Phi) is 3.84. The second-order valence-corrected chi connectivity index (χ2v) is 6.29. The molecule has 0 radical (unpaired) electrons. The molecule has 1 N–H and O–H groups in total. The van der Waals surface area contributed by atoms with Crippen molar-refractivity contribution in [3.63, 3.8) is 0 Å². The molecular formula is C16H21NO3. The molecule has 1 aliphatic heterocycles. The van der Waals surface area contributed by atoms with Crippen molar-refractivity contribution in [2.45, 2.75) is 45.1 Å². The molecule has 2 rings (SSSR count). The van der Waals surface area contributed by atoms with E-state index in [9.17, 15) is 14.7 Å². The van der Waals surface area contributed by atoms with Gasteiger partial charge in [-0.3, -0.25) is 4.79 Å². The van der Waals surface area contributed by atoms with Crippen molar-refractivity contribution < 1.29 is 14.7 Å². The summed E-state index contributed by atoms with van der Waals surface area (Å²) >= 11 is 0. The molecule has 0 bridgehead atoms. The van der Waals surface area contributed by atoms with Crippen LogP contribution in [0.3, 0.4) is 0 Å². The summed E-state index contributed by atoms with van der Waals surface area (Å²) in [5.74, 6) is -1.08. The Hall–Kier alpha value is -1.84. The van der Waals surface area contributed by atoms with Gasteiger partial charge in [0.1, 0.15) is 6.04 Å². The molecule has 0 aromatic heterocycles. The predicted octanol–water partition coefficient (Wildman–Crippen LogP) is 2.67. The van der Waals surface area contributed by atoms with Crippen LogP contribution in [0.1, 0.15) is 49.5 Å². The van der Waals surface area contributed by atoms with Crippen LogP contribution in [0.25, 0.3) is 0 Å². The van der Waals surface area contributed by atoms with Gasteiger partial charge >= 0.3 is 5.97 Å².